The number of hydrogen-bond acceptors (Lipinski definition) is 6. The highest BCUT2D eigenvalue weighted by molar-refractivity contribution is 6.42. The van der Waals surface area contributed by atoms with Crippen molar-refractivity contribution in [3.63, 3.8) is 0 Å². The molecular formula is C33H38Cl2F3N5O4. The number of ether oxygens (including phenoxy) is 1. The zero-order valence-electron chi connectivity index (χ0n) is 25.9. The summed E-state index contributed by atoms with van der Waals surface area (Å²) in [5.74, 6) is -0.542. The van der Waals surface area contributed by atoms with E-state index in [1.54, 1.807) is 4.90 Å². The van der Waals surface area contributed by atoms with Crippen molar-refractivity contribution in [3.05, 3.63) is 63.1 Å². The molecule has 1 spiro atoms. The number of nitrogens with zero attached hydrogens (tertiary/aromatic N) is 3. The van der Waals surface area contributed by atoms with Crippen LogP contribution in [0.25, 0.3) is 0 Å². The number of piperazine rings is 1. The molecule has 3 fully saturated rings. The van der Waals surface area contributed by atoms with Gasteiger partial charge in [0.05, 0.1) is 15.6 Å². The van der Waals surface area contributed by atoms with Crippen LogP contribution in [-0.4, -0.2) is 97.1 Å². The van der Waals surface area contributed by atoms with Gasteiger partial charge in [0.15, 0.2) is 6.10 Å². The Hall–Kier alpha value is -3.06. The predicted molar refractivity (Wildman–Crippen MR) is 172 cm³/mol. The Bertz CT molecular complexity index is 1500. The van der Waals surface area contributed by atoms with Crippen LogP contribution >= 0.6 is 23.2 Å². The van der Waals surface area contributed by atoms with Crippen LogP contribution in [0.4, 0.5) is 23.7 Å². The lowest BCUT2D eigenvalue weighted by Crippen LogP contribution is -2.56. The van der Waals surface area contributed by atoms with Crippen LogP contribution in [0.3, 0.4) is 0 Å². The summed E-state index contributed by atoms with van der Waals surface area (Å²) in [7, 11) is 0. The van der Waals surface area contributed by atoms with Gasteiger partial charge in [0.25, 0.3) is 5.91 Å². The fourth-order valence-corrected chi connectivity index (χ4v) is 7.92. The molecule has 0 aromatic heterocycles. The zero-order valence-corrected chi connectivity index (χ0v) is 27.4. The molecule has 0 radical (unpaired) electrons. The Kier molecular flexibility index (Phi) is 9.94. The van der Waals surface area contributed by atoms with E-state index in [1.807, 2.05) is 24.3 Å². The number of likely N-dealkylation sites (tertiary alicyclic amines) is 1. The van der Waals surface area contributed by atoms with Crippen LogP contribution in [0.2, 0.25) is 10.0 Å². The standard InChI is InChI=1S/C33H38Cl2F3N5O4/c34-25-18-21(17-24(29(25)35)33(36,37)38)19-27(30(45)42-15-13-41(14-16-42)22-5-9-39-10-6-22)47-31(46)43-11-7-32(8-12-43)20-28(44)40-26-4-2-1-3-23(26)32/h1-4,17-18,22,27,39H,5-16,19-20H2,(H,40,44)/t27-/m1/s1. The molecule has 6 rings (SSSR count). The molecule has 4 heterocycles. The quantitative estimate of drug-likeness (QED) is 0.439. The van der Waals surface area contributed by atoms with Crippen molar-refractivity contribution < 1.29 is 32.3 Å². The summed E-state index contributed by atoms with van der Waals surface area (Å²) in [6.45, 7) is 4.63. The fourth-order valence-electron chi connectivity index (χ4n) is 7.46. The zero-order chi connectivity index (χ0) is 33.3. The van der Waals surface area contributed by atoms with Gasteiger partial charge in [0.2, 0.25) is 5.91 Å². The lowest BCUT2D eigenvalue weighted by Gasteiger charge is -2.44. The maximum absolute atomic E-state index is 13.9. The Morgan fingerprint density at radius 3 is 2.34 bits per heavy atom. The molecule has 4 aliphatic rings. The largest absolute Gasteiger partial charge is 0.436 e. The van der Waals surface area contributed by atoms with Crippen LogP contribution in [0.1, 0.15) is 48.8 Å². The molecule has 3 saturated heterocycles. The third-order valence-electron chi connectivity index (χ3n) is 10.0. The van der Waals surface area contributed by atoms with Gasteiger partial charge in [-0.2, -0.15) is 13.2 Å². The van der Waals surface area contributed by atoms with Gasteiger partial charge < -0.3 is 25.2 Å². The average molecular weight is 697 g/mol. The molecule has 2 aromatic rings. The summed E-state index contributed by atoms with van der Waals surface area (Å²) in [6, 6.07) is 10.2. The smallest absolute Gasteiger partial charge is 0.417 e. The van der Waals surface area contributed by atoms with E-state index in [1.165, 1.54) is 11.0 Å². The van der Waals surface area contributed by atoms with E-state index in [4.69, 9.17) is 27.9 Å². The third-order valence-corrected chi connectivity index (χ3v) is 10.8. The number of hydrogen-bond donors (Lipinski definition) is 2. The second-order valence-electron chi connectivity index (χ2n) is 12.9. The molecule has 3 amide bonds. The number of amides is 3. The van der Waals surface area contributed by atoms with Gasteiger partial charge in [0.1, 0.15) is 0 Å². The molecule has 47 heavy (non-hydrogen) atoms. The number of anilines is 1. The Labute approximate surface area is 281 Å². The molecule has 9 nitrogen and oxygen atoms in total. The number of carbonyl (C=O) groups is 3. The molecule has 2 aromatic carbocycles. The van der Waals surface area contributed by atoms with E-state index >= 15 is 0 Å². The van der Waals surface area contributed by atoms with Crippen molar-refractivity contribution in [2.75, 3.05) is 57.7 Å². The van der Waals surface area contributed by atoms with Crippen molar-refractivity contribution in [1.29, 1.82) is 0 Å². The summed E-state index contributed by atoms with van der Waals surface area (Å²) >= 11 is 12.0. The number of halogens is 5. The minimum Gasteiger partial charge on any atom is -0.436 e. The number of rotatable bonds is 5. The molecule has 254 valence electrons. The first-order valence-electron chi connectivity index (χ1n) is 16.1. The van der Waals surface area contributed by atoms with Crippen LogP contribution < -0.4 is 10.6 Å². The first-order chi connectivity index (χ1) is 22.4. The van der Waals surface area contributed by atoms with Crippen LogP contribution in [0.5, 0.6) is 0 Å². The monoisotopic (exact) mass is 695 g/mol. The number of fused-ring (bicyclic) bond motifs is 2. The predicted octanol–water partition coefficient (Wildman–Crippen LogP) is 5.33. The molecule has 0 bridgehead atoms. The maximum atomic E-state index is 13.9. The van der Waals surface area contributed by atoms with E-state index in [0.29, 0.717) is 64.6 Å². The molecule has 0 saturated carbocycles. The van der Waals surface area contributed by atoms with Gasteiger partial charge in [-0.05, 0) is 68.1 Å². The highest BCUT2D eigenvalue weighted by Gasteiger charge is 2.44. The molecule has 2 N–H and O–H groups in total. The number of piperidine rings is 2. The molecule has 4 aliphatic heterocycles. The van der Waals surface area contributed by atoms with E-state index in [-0.39, 0.29) is 22.9 Å². The second kappa shape index (κ2) is 13.8. The van der Waals surface area contributed by atoms with E-state index in [0.717, 1.165) is 43.2 Å². The van der Waals surface area contributed by atoms with Crippen molar-refractivity contribution in [2.24, 2.45) is 0 Å². The Balaban J connectivity index is 1.18. The van der Waals surface area contributed by atoms with Gasteiger partial charge in [-0.15, -0.1) is 0 Å². The third kappa shape index (κ3) is 7.35. The van der Waals surface area contributed by atoms with Crippen molar-refractivity contribution in [3.8, 4) is 0 Å². The van der Waals surface area contributed by atoms with Crippen LogP contribution in [0.15, 0.2) is 36.4 Å². The SMILES string of the molecule is O=C1CC2(CCN(C(=O)O[C@H](Cc3cc(Cl)c(Cl)c(C(F)(F)F)c3)C(=O)N3CCN(C4CCNCC4)CC3)CC2)c2ccccc2N1. The normalized spacial score (nSPS) is 21.3. The highest BCUT2D eigenvalue weighted by atomic mass is 35.5. The van der Waals surface area contributed by atoms with Gasteiger partial charge >= 0.3 is 12.3 Å². The minimum absolute atomic E-state index is 0.0774. The lowest BCUT2D eigenvalue weighted by atomic mass is 9.68. The highest BCUT2D eigenvalue weighted by Crippen LogP contribution is 2.45. The number of benzene rings is 2. The average Bonchev–Trinajstić information content (AvgIpc) is 3.06. The second-order valence-corrected chi connectivity index (χ2v) is 13.7. The van der Waals surface area contributed by atoms with E-state index in [9.17, 15) is 27.6 Å². The molecule has 0 aliphatic carbocycles. The Morgan fingerprint density at radius 2 is 1.66 bits per heavy atom. The maximum Gasteiger partial charge on any atom is 0.417 e. The van der Waals surface area contributed by atoms with E-state index in [2.05, 4.69) is 15.5 Å². The number of para-hydroxylation sites is 1. The van der Waals surface area contributed by atoms with Crippen molar-refractivity contribution in [2.45, 2.75) is 62.3 Å². The first kappa shape index (κ1) is 33.8. The lowest BCUT2D eigenvalue weighted by molar-refractivity contribution is -0.143. The Morgan fingerprint density at radius 1 is 0.979 bits per heavy atom. The van der Waals surface area contributed by atoms with Crippen LogP contribution in [-0.2, 0) is 32.3 Å². The van der Waals surface area contributed by atoms with Gasteiger partial charge in [-0.1, -0.05) is 41.4 Å². The number of alkyl halides is 3. The van der Waals surface area contributed by atoms with Gasteiger partial charge in [0, 0.05) is 69.3 Å². The number of carbonyl (C=O) groups excluding carboxylic acids is 3. The molecule has 1 atom stereocenters. The summed E-state index contributed by atoms with van der Waals surface area (Å²) in [6.07, 6.45) is -3.77. The first-order valence-corrected chi connectivity index (χ1v) is 16.8. The summed E-state index contributed by atoms with van der Waals surface area (Å²) in [5, 5.41) is 5.35. The summed E-state index contributed by atoms with van der Waals surface area (Å²) < 4.78 is 47.1. The fraction of sp³-hybridized carbons (Fsp3) is 0.545. The van der Waals surface area contributed by atoms with Crippen molar-refractivity contribution in [1.82, 2.24) is 20.0 Å². The number of nitrogens with one attached hydrogen (secondary N) is 2. The minimum atomic E-state index is -4.77. The van der Waals surface area contributed by atoms with E-state index < -0.39 is 40.3 Å². The van der Waals surface area contributed by atoms with Gasteiger partial charge in [-0.3, -0.25) is 14.5 Å². The molecule has 14 heteroatoms. The summed E-state index contributed by atoms with van der Waals surface area (Å²) in [4.78, 5) is 45.6. The van der Waals surface area contributed by atoms with Gasteiger partial charge in [-0.25, -0.2) is 4.79 Å². The topological polar surface area (TPSA) is 94.2 Å². The van der Waals surface area contributed by atoms with Crippen molar-refractivity contribution >= 4 is 46.8 Å². The summed E-state index contributed by atoms with van der Waals surface area (Å²) in [5.41, 5.74) is 0.337. The molecular weight excluding hydrogens is 658 g/mol. The van der Waals surface area contributed by atoms with Crippen LogP contribution in [0, 0.1) is 0 Å². The molecule has 0 unspecified atom stereocenters.